The van der Waals surface area contributed by atoms with E-state index in [1.165, 1.54) is 55.3 Å². The molecule has 0 aliphatic carbocycles. The number of fused-ring (bicyclic) bond motifs is 4. The maximum atomic E-state index is 6.42. The molecule has 7 aromatic rings. The van der Waals surface area contributed by atoms with Crippen molar-refractivity contribution < 1.29 is 8.98 Å². The van der Waals surface area contributed by atoms with Crippen molar-refractivity contribution in [1.82, 2.24) is 4.57 Å². The monoisotopic (exact) mass is 549 g/mol. The molecule has 0 spiro atoms. The van der Waals surface area contributed by atoms with Gasteiger partial charge in [-0.3, -0.25) is 0 Å². The van der Waals surface area contributed by atoms with Crippen LogP contribution in [-0.4, -0.2) is 4.57 Å². The first kappa shape index (κ1) is 26.3. The van der Waals surface area contributed by atoms with Crippen LogP contribution in [0.4, 0.5) is 0 Å². The van der Waals surface area contributed by atoms with Gasteiger partial charge in [0.15, 0.2) is 6.20 Å². The molecule has 0 unspecified atom stereocenters. The molecule has 42 heavy (non-hydrogen) atoms. The van der Waals surface area contributed by atoms with Crippen LogP contribution in [0.2, 0.25) is 0 Å². The summed E-state index contributed by atoms with van der Waals surface area (Å²) in [5.74, 6) is 0.894. The lowest BCUT2D eigenvalue weighted by Gasteiger charge is -2.18. The van der Waals surface area contributed by atoms with Crippen LogP contribution in [0.15, 0.2) is 102 Å². The Kier molecular flexibility index (Phi) is 5.92. The van der Waals surface area contributed by atoms with E-state index in [9.17, 15) is 0 Å². The van der Waals surface area contributed by atoms with Crippen molar-refractivity contribution >= 4 is 32.8 Å². The number of rotatable bonds is 3. The van der Waals surface area contributed by atoms with Gasteiger partial charge in [-0.1, -0.05) is 56.7 Å². The number of pyridine rings is 1. The molecule has 7 rings (SSSR count). The minimum Gasteiger partial charge on any atom is -0.456 e. The molecule has 0 amide bonds. The fourth-order valence-electron chi connectivity index (χ4n) is 6.34. The molecule has 0 atom stereocenters. The van der Waals surface area contributed by atoms with E-state index in [1.807, 2.05) is 0 Å². The maximum absolute atomic E-state index is 6.42. The van der Waals surface area contributed by atoms with E-state index in [1.54, 1.807) is 0 Å². The van der Waals surface area contributed by atoms with Gasteiger partial charge in [-0.2, -0.15) is 4.57 Å². The summed E-state index contributed by atoms with van der Waals surface area (Å²) in [7, 11) is 2.16. The molecule has 3 nitrogen and oxygen atoms in total. The second-order valence-corrected chi connectivity index (χ2v) is 12.8. The zero-order valence-corrected chi connectivity index (χ0v) is 25.5. The molecule has 3 aromatic heterocycles. The third kappa shape index (κ3) is 4.23. The van der Waals surface area contributed by atoms with Crippen molar-refractivity contribution in [3.63, 3.8) is 0 Å². The Hall–Kier alpha value is -4.63. The zero-order chi connectivity index (χ0) is 29.3. The number of nitrogens with zero attached hydrogens (tertiary/aromatic N) is 2. The van der Waals surface area contributed by atoms with Gasteiger partial charge < -0.3 is 8.98 Å². The Morgan fingerprint density at radius 1 is 0.738 bits per heavy atom. The molecule has 0 fully saturated rings. The molecule has 0 aliphatic rings. The fourth-order valence-corrected chi connectivity index (χ4v) is 6.34. The van der Waals surface area contributed by atoms with Gasteiger partial charge in [0, 0.05) is 39.0 Å². The van der Waals surface area contributed by atoms with E-state index in [0.717, 1.165) is 28.0 Å². The summed E-state index contributed by atoms with van der Waals surface area (Å²) >= 11 is 0. The minimum absolute atomic E-state index is 0.0891. The Bertz CT molecular complexity index is 2150. The summed E-state index contributed by atoms with van der Waals surface area (Å²) in [5, 5.41) is 3.59. The molecule has 208 valence electrons. The first-order valence-corrected chi connectivity index (χ1v) is 14.7. The largest absolute Gasteiger partial charge is 0.456 e. The predicted octanol–water partition coefficient (Wildman–Crippen LogP) is 9.91. The van der Waals surface area contributed by atoms with E-state index in [-0.39, 0.29) is 5.41 Å². The van der Waals surface area contributed by atoms with Crippen LogP contribution in [0.3, 0.4) is 0 Å². The van der Waals surface area contributed by atoms with Crippen LogP contribution in [0, 0.1) is 20.8 Å². The van der Waals surface area contributed by atoms with E-state index < -0.39 is 0 Å². The van der Waals surface area contributed by atoms with Crippen LogP contribution in [0.25, 0.3) is 61.0 Å². The highest BCUT2D eigenvalue weighted by atomic mass is 16.3. The third-order valence-corrected chi connectivity index (χ3v) is 8.79. The van der Waals surface area contributed by atoms with Crippen molar-refractivity contribution in [3.8, 4) is 28.3 Å². The molecule has 0 bridgehead atoms. The smallest absolute Gasteiger partial charge is 0.213 e. The van der Waals surface area contributed by atoms with E-state index in [0.29, 0.717) is 0 Å². The average Bonchev–Trinajstić information content (AvgIpc) is 3.52. The van der Waals surface area contributed by atoms with E-state index in [2.05, 4.69) is 155 Å². The van der Waals surface area contributed by atoms with E-state index >= 15 is 0 Å². The van der Waals surface area contributed by atoms with Gasteiger partial charge in [0.1, 0.15) is 23.9 Å². The number of hydrogen-bond donors (Lipinski definition) is 0. The van der Waals surface area contributed by atoms with Crippen LogP contribution in [0.1, 0.15) is 43.0 Å². The Morgan fingerprint density at radius 3 is 2.26 bits per heavy atom. The normalized spacial score (nSPS) is 12.2. The zero-order valence-electron chi connectivity index (χ0n) is 25.5. The van der Waals surface area contributed by atoms with Crippen LogP contribution >= 0.6 is 0 Å². The quantitative estimate of drug-likeness (QED) is 0.201. The number of hydrogen-bond acceptors (Lipinski definition) is 1. The Labute approximate surface area is 247 Å². The van der Waals surface area contributed by atoms with Crippen molar-refractivity contribution in [2.45, 2.75) is 47.0 Å². The van der Waals surface area contributed by atoms with Gasteiger partial charge in [-0.25, -0.2) is 0 Å². The SMILES string of the molecule is Cc1cc(C)c(C)c(-c2cc3c4cc(-c5cc6cc(C(C)(C)C)ccc6o5)ccc4n(-c4ccccc4)c3c[n+]2C)c1. The maximum Gasteiger partial charge on any atom is 0.213 e. The topological polar surface area (TPSA) is 21.9 Å². The third-order valence-electron chi connectivity index (χ3n) is 8.79. The Balaban J connectivity index is 1.49. The first-order valence-electron chi connectivity index (χ1n) is 14.7. The van der Waals surface area contributed by atoms with Crippen LogP contribution in [-0.2, 0) is 12.5 Å². The standard InChI is InChI=1S/C39H37N2O/c1-24-17-25(2)26(3)31(18-24)35-22-33-32-20-27(38-21-28-19-29(39(4,5)6)14-16-37(28)42-38)13-15-34(32)41(36(33)23-40(35)7)30-11-9-8-10-12-30/h8-23H,1-7H3/q+1. The minimum atomic E-state index is 0.0891. The van der Waals surface area contributed by atoms with Crippen LogP contribution < -0.4 is 4.57 Å². The molecular formula is C39H37N2O+. The molecule has 3 heteroatoms. The first-order chi connectivity index (χ1) is 20.1. The molecule has 0 N–H and O–H groups in total. The summed E-state index contributed by atoms with van der Waals surface area (Å²) < 4.78 is 11.1. The molecule has 0 radical (unpaired) electrons. The highest BCUT2D eigenvalue weighted by Gasteiger charge is 2.22. The molecule has 0 saturated carbocycles. The second-order valence-electron chi connectivity index (χ2n) is 12.8. The molecule has 4 aromatic carbocycles. The van der Waals surface area contributed by atoms with Gasteiger partial charge in [0.2, 0.25) is 5.69 Å². The molecular weight excluding hydrogens is 512 g/mol. The van der Waals surface area contributed by atoms with Crippen molar-refractivity contribution in [2.24, 2.45) is 7.05 Å². The highest BCUT2D eigenvalue weighted by molar-refractivity contribution is 6.10. The fraction of sp³-hybridized carbons (Fsp3) is 0.205. The molecule has 3 heterocycles. The number of aromatic nitrogens is 2. The van der Waals surface area contributed by atoms with Crippen molar-refractivity contribution in [3.05, 3.63) is 119 Å². The number of aryl methyl sites for hydroxylation is 3. The van der Waals surface area contributed by atoms with Gasteiger partial charge in [-0.05, 0) is 97.5 Å². The summed E-state index contributed by atoms with van der Waals surface area (Å²) in [4.78, 5) is 0. The van der Waals surface area contributed by atoms with Crippen molar-refractivity contribution in [2.75, 3.05) is 0 Å². The van der Waals surface area contributed by atoms with Gasteiger partial charge in [-0.15, -0.1) is 0 Å². The summed E-state index contributed by atoms with van der Waals surface area (Å²) in [6.07, 6.45) is 2.28. The van der Waals surface area contributed by atoms with Gasteiger partial charge >= 0.3 is 0 Å². The Morgan fingerprint density at radius 2 is 1.50 bits per heavy atom. The molecule has 0 aliphatic heterocycles. The molecule has 0 saturated heterocycles. The number of para-hydroxylation sites is 1. The number of benzene rings is 4. The van der Waals surface area contributed by atoms with E-state index in [4.69, 9.17) is 4.42 Å². The summed E-state index contributed by atoms with van der Waals surface area (Å²) in [6, 6.07) is 33.1. The number of furan rings is 1. The average molecular weight is 550 g/mol. The lowest BCUT2D eigenvalue weighted by Crippen LogP contribution is -2.31. The summed E-state index contributed by atoms with van der Waals surface area (Å²) in [6.45, 7) is 13.4. The lowest BCUT2D eigenvalue weighted by molar-refractivity contribution is -0.659. The lowest BCUT2D eigenvalue weighted by atomic mass is 9.86. The summed E-state index contributed by atoms with van der Waals surface area (Å²) in [5.41, 5.74) is 13.3. The highest BCUT2D eigenvalue weighted by Crippen LogP contribution is 2.38. The van der Waals surface area contributed by atoms with Crippen molar-refractivity contribution in [1.29, 1.82) is 0 Å². The van der Waals surface area contributed by atoms with Crippen LogP contribution in [0.5, 0.6) is 0 Å². The van der Waals surface area contributed by atoms with Gasteiger partial charge in [0.25, 0.3) is 0 Å². The predicted molar refractivity (Wildman–Crippen MR) is 176 cm³/mol. The van der Waals surface area contributed by atoms with Gasteiger partial charge in [0.05, 0.1) is 5.52 Å². The second kappa shape index (κ2) is 9.46.